The maximum absolute atomic E-state index is 12.8. The molecule has 1 atom stereocenters. The van der Waals surface area contributed by atoms with Gasteiger partial charge in [0.15, 0.2) is 5.69 Å². The molecule has 6 heteroatoms. The minimum Gasteiger partial charge on any atom is -0.347 e. The Labute approximate surface area is 157 Å². The minimum atomic E-state index is -0.228. The summed E-state index contributed by atoms with van der Waals surface area (Å²) in [6.07, 6.45) is 0.905. The molecular weight excluding hydrogens is 340 g/mol. The Morgan fingerprint density at radius 1 is 1.11 bits per heavy atom. The highest BCUT2D eigenvalue weighted by Crippen LogP contribution is 2.16. The average molecular weight is 362 g/mol. The lowest BCUT2D eigenvalue weighted by atomic mass is 10.1. The molecular formula is C21H22N4O2. The van der Waals surface area contributed by atoms with E-state index in [2.05, 4.69) is 27.4 Å². The van der Waals surface area contributed by atoms with Crippen LogP contribution in [0.3, 0.4) is 0 Å². The molecule has 2 heterocycles. The maximum Gasteiger partial charge on any atom is 0.274 e. The smallest absolute Gasteiger partial charge is 0.274 e. The number of nitrogens with one attached hydrogen (secondary N) is 1. The molecule has 0 aliphatic carbocycles. The second-order valence-electron chi connectivity index (χ2n) is 7.00. The van der Waals surface area contributed by atoms with Gasteiger partial charge in [-0.1, -0.05) is 48.5 Å². The summed E-state index contributed by atoms with van der Waals surface area (Å²) in [7, 11) is 1.57. The van der Waals surface area contributed by atoms with Crippen molar-refractivity contribution in [3.8, 4) is 0 Å². The first-order valence-electron chi connectivity index (χ1n) is 9.15. The fourth-order valence-electron chi connectivity index (χ4n) is 3.66. The van der Waals surface area contributed by atoms with Crippen molar-refractivity contribution in [2.75, 3.05) is 13.1 Å². The topological polar surface area (TPSA) is 67.2 Å². The number of fused-ring (bicyclic) bond motifs is 1. The number of carbonyl (C=O) groups excluding carboxylic acids is 1. The van der Waals surface area contributed by atoms with Crippen molar-refractivity contribution in [3.05, 3.63) is 76.2 Å². The Balaban J connectivity index is 1.48. The molecule has 1 fully saturated rings. The van der Waals surface area contributed by atoms with Gasteiger partial charge in [-0.25, -0.2) is 4.68 Å². The molecule has 4 rings (SSSR count). The van der Waals surface area contributed by atoms with E-state index in [0.717, 1.165) is 26.1 Å². The Kier molecular flexibility index (Phi) is 4.73. The van der Waals surface area contributed by atoms with Gasteiger partial charge in [0, 0.05) is 38.1 Å². The molecule has 1 aliphatic rings. The number of hydrogen-bond donors (Lipinski definition) is 1. The summed E-state index contributed by atoms with van der Waals surface area (Å²) in [5.74, 6) is -0.228. The average Bonchev–Trinajstić information content (AvgIpc) is 3.12. The van der Waals surface area contributed by atoms with Crippen molar-refractivity contribution in [2.45, 2.75) is 19.0 Å². The van der Waals surface area contributed by atoms with Crippen molar-refractivity contribution in [3.63, 3.8) is 0 Å². The number of nitrogens with zero attached hydrogens (tertiary/aromatic N) is 3. The van der Waals surface area contributed by atoms with Gasteiger partial charge in [0.05, 0.1) is 5.39 Å². The number of hydrogen-bond acceptors (Lipinski definition) is 4. The number of likely N-dealkylation sites (tertiary alicyclic amines) is 1. The van der Waals surface area contributed by atoms with Gasteiger partial charge in [-0.3, -0.25) is 14.5 Å². The zero-order chi connectivity index (χ0) is 18.8. The van der Waals surface area contributed by atoms with Gasteiger partial charge in [0.25, 0.3) is 11.5 Å². The summed E-state index contributed by atoms with van der Waals surface area (Å²) >= 11 is 0. The number of aromatic nitrogens is 2. The van der Waals surface area contributed by atoms with Gasteiger partial charge >= 0.3 is 0 Å². The van der Waals surface area contributed by atoms with E-state index >= 15 is 0 Å². The van der Waals surface area contributed by atoms with Gasteiger partial charge in [-0.05, 0) is 18.1 Å². The first-order valence-corrected chi connectivity index (χ1v) is 9.15. The number of rotatable bonds is 4. The van der Waals surface area contributed by atoms with Crippen LogP contribution >= 0.6 is 0 Å². The number of benzene rings is 2. The number of carbonyl (C=O) groups is 1. The Hall–Kier alpha value is -2.99. The molecule has 27 heavy (non-hydrogen) atoms. The summed E-state index contributed by atoms with van der Waals surface area (Å²) in [4.78, 5) is 27.4. The predicted molar refractivity (Wildman–Crippen MR) is 105 cm³/mol. The van der Waals surface area contributed by atoms with Gasteiger partial charge in [0.2, 0.25) is 0 Å². The van der Waals surface area contributed by atoms with Crippen LogP contribution < -0.4 is 10.9 Å². The van der Waals surface area contributed by atoms with Crippen molar-refractivity contribution in [1.29, 1.82) is 0 Å². The zero-order valence-corrected chi connectivity index (χ0v) is 15.3. The molecule has 0 bridgehead atoms. The lowest BCUT2D eigenvalue weighted by molar-refractivity contribution is 0.0932. The Morgan fingerprint density at radius 2 is 1.81 bits per heavy atom. The SMILES string of the molecule is Cn1nc(C(=O)N[C@H]2CCN(Cc3ccccc3)C2)c2ccccc2c1=O. The molecule has 1 saturated heterocycles. The quantitative estimate of drug-likeness (QED) is 0.770. The summed E-state index contributed by atoms with van der Waals surface area (Å²) in [5.41, 5.74) is 1.38. The second-order valence-corrected chi connectivity index (χ2v) is 7.00. The Bertz CT molecular complexity index is 1030. The lowest BCUT2D eigenvalue weighted by Crippen LogP contribution is -2.38. The lowest BCUT2D eigenvalue weighted by Gasteiger charge is -2.17. The van der Waals surface area contributed by atoms with Gasteiger partial charge < -0.3 is 5.32 Å². The second kappa shape index (κ2) is 7.32. The molecule has 0 saturated carbocycles. The van der Waals surface area contributed by atoms with Crippen molar-refractivity contribution < 1.29 is 4.79 Å². The van der Waals surface area contributed by atoms with E-state index in [4.69, 9.17) is 0 Å². The Morgan fingerprint density at radius 3 is 2.59 bits per heavy atom. The van der Waals surface area contributed by atoms with E-state index in [0.29, 0.717) is 16.5 Å². The highest BCUT2D eigenvalue weighted by atomic mass is 16.2. The molecule has 3 aromatic rings. The van der Waals surface area contributed by atoms with E-state index < -0.39 is 0 Å². The third-order valence-electron chi connectivity index (χ3n) is 5.03. The highest BCUT2D eigenvalue weighted by Gasteiger charge is 2.25. The molecule has 138 valence electrons. The molecule has 0 radical (unpaired) electrons. The van der Waals surface area contributed by atoms with E-state index in [9.17, 15) is 9.59 Å². The van der Waals surface area contributed by atoms with Gasteiger partial charge in [-0.2, -0.15) is 5.10 Å². The summed E-state index contributed by atoms with van der Waals surface area (Å²) in [6, 6.07) is 17.5. The summed E-state index contributed by atoms with van der Waals surface area (Å²) in [5, 5.41) is 8.41. The fraction of sp³-hybridized carbons (Fsp3) is 0.286. The fourth-order valence-corrected chi connectivity index (χ4v) is 3.66. The van der Waals surface area contributed by atoms with E-state index in [1.54, 1.807) is 25.2 Å². The van der Waals surface area contributed by atoms with Crippen LogP contribution in [0.4, 0.5) is 0 Å². The monoisotopic (exact) mass is 362 g/mol. The first-order chi connectivity index (χ1) is 13.1. The maximum atomic E-state index is 12.8. The minimum absolute atomic E-state index is 0.0824. The normalized spacial score (nSPS) is 17.3. The van der Waals surface area contributed by atoms with E-state index in [1.807, 2.05) is 24.3 Å². The van der Waals surface area contributed by atoms with Crippen LogP contribution in [-0.4, -0.2) is 39.7 Å². The molecule has 0 unspecified atom stereocenters. The molecule has 1 amide bonds. The van der Waals surface area contributed by atoms with Crippen LogP contribution in [0, 0.1) is 0 Å². The van der Waals surface area contributed by atoms with Crippen LogP contribution in [0.5, 0.6) is 0 Å². The zero-order valence-electron chi connectivity index (χ0n) is 15.3. The van der Waals surface area contributed by atoms with E-state index in [-0.39, 0.29) is 17.5 Å². The third kappa shape index (κ3) is 3.61. The first kappa shape index (κ1) is 17.4. The van der Waals surface area contributed by atoms with Crippen LogP contribution in [0.15, 0.2) is 59.4 Å². The summed E-state index contributed by atoms with van der Waals surface area (Å²) < 4.78 is 1.23. The molecule has 0 spiro atoms. The molecule has 2 aromatic carbocycles. The van der Waals surface area contributed by atoms with Crippen LogP contribution in [0.1, 0.15) is 22.5 Å². The number of aryl methyl sites for hydroxylation is 1. The van der Waals surface area contributed by atoms with Gasteiger partial charge in [0.1, 0.15) is 0 Å². The number of amides is 1. The van der Waals surface area contributed by atoms with Crippen LogP contribution in [0.2, 0.25) is 0 Å². The van der Waals surface area contributed by atoms with Crippen molar-refractivity contribution in [1.82, 2.24) is 20.0 Å². The standard InChI is InChI=1S/C21H22N4O2/c1-24-21(27)18-10-6-5-9-17(18)19(23-24)20(26)22-16-11-12-25(14-16)13-15-7-3-2-4-8-15/h2-10,16H,11-14H2,1H3,(H,22,26)/t16-/m0/s1. The van der Waals surface area contributed by atoms with Gasteiger partial charge in [-0.15, -0.1) is 0 Å². The van der Waals surface area contributed by atoms with Crippen LogP contribution in [-0.2, 0) is 13.6 Å². The highest BCUT2D eigenvalue weighted by molar-refractivity contribution is 6.04. The summed E-state index contributed by atoms with van der Waals surface area (Å²) in [6.45, 7) is 2.64. The largest absolute Gasteiger partial charge is 0.347 e. The van der Waals surface area contributed by atoms with E-state index in [1.165, 1.54) is 10.2 Å². The van der Waals surface area contributed by atoms with Crippen LogP contribution in [0.25, 0.3) is 10.8 Å². The van der Waals surface area contributed by atoms with Crippen molar-refractivity contribution in [2.24, 2.45) is 7.05 Å². The third-order valence-corrected chi connectivity index (χ3v) is 5.03. The predicted octanol–water partition coefficient (Wildman–Crippen LogP) is 1.94. The molecule has 1 aliphatic heterocycles. The molecule has 1 aromatic heterocycles. The molecule has 1 N–H and O–H groups in total. The van der Waals surface area contributed by atoms with Crippen molar-refractivity contribution >= 4 is 16.7 Å². The molecule has 6 nitrogen and oxygen atoms in total.